The smallest absolute Gasteiger partial charge is 0.248 e. The van der Waals surface area contributed by atoms with Gasteiger partial charge in [0.1, 0.15) is 28.6 Å². The zero-order valence-electron chi connectivity index (χ0n) is 20.2. The molecular weight excluding hydrogens is 449 g/mol. The summed E-state index contributed by atoms with van der Waals surface area (Å²) in [6.07, 6.45) is 3.16. The second-order valence-corrected chi connectivity index (χ2v) is 8.00. The summed E-state index contributed by atoms with van der Waals surface area (Å²) in [4.78, 5) is 12.7. The van der Waals surface area contributed by atoms with Crippen LogP contribution in [0.2, 0.25) is 0 Å². The van der Waals surface area contributed by atoms with Gasteiger partial charge >= 0.3 is 0 Å². The lowest BCUT2D eigenvalue weighted by Crippen LogP contribution is -2.08. The number of anilines is 1. The average molecular weight is 476 g/mol. The molecule has 0 aliphatic heterocycles. The number of methoxy groups -OCH3 is 3. The quantitative estimate of drug-likeness (QED) is 0.304. The van der Waals surface area contributed by atoms with E-state index in [9.17, 15) is 9.18 Å². The van der Waals surface area contributed by atoms with Gasteiger partial charge in [0.25, 0.3) is 0 Å². The van der Waals surface area contributed by atoms with Crippen molar-refractivity contribution >= 4 is 28.1 Å². The van der Waals surface area contributed by atoms with Crippen molar-refractivity contribution in [1.82, 2.24) is 0 Å². The first kappa shape index (κ1) is 23.9. The summed E-state index contributed by atoms with van der Waals surface area (Å²) in [7, 11) is 4.80. The Morgan fingerprint density at radius 1 is 0.971 bits per heavy atom. The Balaban J connectivity index is 1.80. The van der Waals surface area contributed by atoms with E-state index >= 15 is 0 Å². The normalized spacial score (nSPS) is 11.4. The highest BCUT2D eigenvalue weighted by Crippen LogP contribution is 2.43. The maximum absolute atomic E-state index is 13.2. The number of fused-ring (bicyclic) bond motifs is 1. The fourth-order valence-electron chi connectivity index (χ4n) is 4.09. The van der Waals surface area contributed by atoms with Crippen LogP contribution in [0.25, 0.3) is 27.7 Å². The van der Waals surface area contributed by atoms with Gasteiger partial charge < -0.3 is 23.9 Å². The van der Waals surface area contributed by atoms with E-state index in [1.54, 1.807) is 27.6 Å². The Morgan fingerprint density at radius 3 is 2.37 bits per heavy atom. The topological polar surface area (TPSA) is 69.9 Å². The Labute approximate surface area is 202 Å². The molecule has 0 atom stereocenters. The summed E-state index contributed by atoms with van der Waals surface area (Å²) in [5.74, 6) is 1.27. The van der Waals surface area contributed by atoms with Crippen molar-refractivity contribution in [3.63, 3.8) is 0 Å². The Hall–Kier alpha value is -4.26. The van der Waals surface area contributed by atoms with Crippen LogP contribution < -0.4 is 19.5 Å². The second kappa shape index (κ2) is 9.93. The van der Waals surface area contributed by atoms with Crippen LogP contribution in [0, 0.1) is 12.7 Å². The summed E-state index contributed by atoms with van der Waals surface area (Å²) in [5, 5.41) is 3.59. The van der Waals surface area contributed by atoms with E-state index in [2.05, 4.69) is 5.32 Å². The fourth-order valence-corrected chi connectivity index (χ4v) is 4.09. The van der Waals surface area contributed by atoms with Crippen LogP contribution in [-0.4, -0.2) is 27.2 Å². The third-order valence-electron chi connectivity index (χ3n) is 5.83. The summed E-state index contributed by atoms with van der Waals surface area (Å²) in [6.45, 7) is 3.74. The van der Waals surface area contributed by atoms with Crippen LogP contribution in [0.4, 0.5) is 10.1 Å². The fraction of sp³-hybridized carbons (Fsp3) is 0.179. The van der Waals surface area contributed by atoms with E-state index in [4.69, 9.17) is 18.6 Å². The molecule has 4 rings (SSSR count). The predicted molar refractivity (Wildman–Crippen MR) is 135 cm³/mol. The van der Waals surface area contributed by atoms with Crippen LogP contribution in [-0.2, 0) is 4.79 Å². The van der Waals surface area contributed by atoms with Gasteiger partial charge in [0, 0.05) is 39.4 Å². The zero-order valence-corrected chi connectivity index (χ0v) is 20.2. The molecule has 0 saturated heterocycles. The minimum Gasteiger partial charge on any atom is -0.497 e. The molecule has 35 heavy (non-hydrogen) atoms. The van der Waals surface area contributed by atoms with Crippen molar-refractivity contribution in [3.8, 4) is 28.4 Å². The van der Waals surface area contributed by atoms with Gasteiger partial charge in [0.2, 0.25) is 5.91 Å². The maximum Gasteiger partial charge on any atom is 0.248 e. The van der Waals surface area contributed by atoms with Crippen LogP contribution in [0.5, 0.6) is 17.2 Å². The van der Waals surface area contributed by atoms with Crippen molar-refractivity contribution in [1.29, 1.82) is 0 Å². The molecule has 7 heteroatoms. The van der Waals surface area contributed by atoms with Gasteiger partial charge in [-0.05, 0) is 68.0 Å². The van der Waals surface area contributed by atoms with Gasteiger partial charge in [0.05, 0.1) is 27.6 Å². The highest BCUT2D eigenvalue weighted by molar-refractivity contribution is 6.06. The average Bonchev–Trinajstić information content (AvgIpc) is 3.29. The number of rotatable bonds is 7. The molecule has 3 aromatic carbocycles. The van der Waals surface area contributed by atoms with Gasteiger partial charge in [-0.3, -0.25) is 4.79 Å². The number of carbonyl (C=O) groups excluding carboxylic acids is 1. The van der Waals surface area contributed by atoms with Crippen LogP contribution in [0.3, 0.4) is 0 Å². The van der Waals surface area contributed by atoms with Gasteiger partial charge in [-0.2, -0.15) is 0 Å². The minimum absolute atomic E-state index is 0.337. The van der Waals surface area contributed by atoms with Crippen LogP contribution in [0.1, 0.15) is 18.1 Å². The van der Waals surface area contributed by atoms with E-state index in [0.29, 0.717) is 34.1 Å². The number of allylic oxidation sites excluding steroid dienone is 1. The molecule has 6 nitrogen and oxygen atoms in total. The summed E-state index contributed by atoms with van der Waals surface area (Å²) < 4.78 is 35.8. The number of aryl methyl sites for hydroxylation is 1. The number of hydrogen-bond donors (Lipinski definition) is 1. The molecule has 1 amide bonds. The third-order valence-corrected chi connectivity index (χ3v) is 5.83. The molecule has 0 unspecified atom stereocenters. The zero-order chi connectivity index (χ0) is 25.1. The lowest BCUT2D eigenvalue weighted by molar-refractivity contribution is -0.111. The summed E-state index contributed by atoms with van der Waals surface area (Å²) in [5.41, 5.74) is 5.06. The monoisotopic (exact) mass is 475 g/mol. The number of amides is 1. The molecular formula is C28H26FNO5. The van der Waals surface area contributed by atoms with Crippen molar-refractivity contribution in [2.45, 2.75) is 13.8 Å². The van der Waals surface area contributed by atoms with Gasteiger partial charge in [-0.15, -0.1) is 0 Å². The highest BCUT2D eigenvalue weighted by atomic mass is 19.1. The Morgan fingerprint density at radius 2 is 1.71 bits per heavy atom. The van der Waals surface area contributed by atoms with E-state index in [1.807, 2.05) is 38.1 Å². The molecule has 0 bridgehead atoms. The molecule has 1 heterocycles. The molecule has 0 spiro atoms. The van der Waals surface area contributed by atoms with Crippen molar-refractivity contribution in [2.75, 3.05) is 26.6 Å². The van der Waals surface area contributed by atoms with Crippen LogP contribution >= 0.6 is 0 Å². The largest absolute Gasteiger partial charge is 0.497 e. The minimum atomic E-state index is -0.369. The lowest BCUT2D eigenvalue weighted by Gasteiger charge is -2.14. The van der Waals surface area contributed by atoms with Gasteiger partial charge in [-0.1, -0.05) is 0 Å². The van der Waals surface area contributed by atoms with Crippen LogP contribution in [0.15, 0.2) is 65.3 Å². The molecule has 0 aliphatic carbocycles. The number of ether oxygens (including phenoxy) is 3. The van der Waals surface area contributed by atoms with Crippen molar-refractivity contribution in [2.24, 2.45) is 0 Å². The standard InChI is InChI=1S/C28H26FNO5/c1-16(12-26(31)30-19-8-6-18(29)7-9-19)21-14-23-24(15-35-28(23)17(2)27(21)34-5)22-13-20(32-3)10-11-25(22)33-4/h6-15H,1-5H3,(H,30,31)/b16-12+. The van der Waals surface area contributed by atoms with E-state index in [-0.39, 0.29) is 11.7 Å². The third kappa shape index (κ3) is 4.71. The molecule has 4 aromatic rings. The number of carbonyl (C=O) groups is 1. The number of hydrogen-bond acceptors (Lipinski definition) is 5. The SMILES string of the molecule is COc1ccc(OC)c(-c2coc3c(C)c(OC)c(/C(C)=C/C(=O)Nc4ccc(F)cc4)cc23)c1. The second-order valence-electron chi connectivity index (χ2n) is 8.00. The number of nitrogens with one attached hydrogen (secondary N) is 1. The van der Waals surface area contributed by atoms with E-state index in [1.165, 1.54) is 30.3 Å². The Kier molecular flexibility index (Phi) is 6.78. The molecule has 1 aromatic heterocycles. The summed E-state index contributed by atoms with van der Waals surface area (Å²) in [6, 6.07) is 13.1. The molecule has 0 saturated carbocycles. The lowest BCUT2D eigenvalue weighted by atomic mass is 9.96. The van der Waals surface area contributed by atoms with E-state index in [0.717, 1.165) is 27.6 Å². The maximum atomic E-state index is 13.2. The molecule has 0 aliphatic rings. The number of benzene rings is 3. The summed E-state index contributed by atoms with van der Waals surface area (Å²) >= 11 is 0. The first-order valence-corrected chi connectivity index (χ1v) is 10.9. The molecule has 0 fully saturated rings. The number of halogens is 1. The number of furan rings is 1. The first-order chi connectivity index (χ1) is 16.9. The van der Waals surface area contributed by atoms with E-state index < -0.39 is 0 Å². The Bertz CT molecular complexity index is 1420. The first-order valence-electron chi connectivity index (χ1n) is 10.9. The predicted octanol–water partition coefficient (Wildman–Crippen LogP) is 6.62. The van der Waals surface area contributed by atoms with Gasteiger partial charge in [0.15, 0.2) is 0 Å². The van der Waals surface area contributed by atoms with Gasteiger partial charge in [-0.25, -0.2) is 4.39 Å². The molecule has 0 radical (unpaired) electrons. The molecule has 1 N–H and O–H groups in total. The van der Waals surface area contributed by atoms with Crippen molar-refractivity contribution in [3.05, 3.63) is 77.8 Å². The highest BCUT2D eigenvalue weighted by Gasteiger charge is 2.20. The van der Waals surface area contributed by atoms with Crippen molar-refractivity contribution < 1.29 is 27.8 Å². The molecule has 180 valence electrons.